The number of amides is 1. The van der Waals surface area contributed by atoms with Crippen molar-refractivity contribution in [1.29, 1.82) is 0 Å². The molecule has 0 spiro atoms. The van der Waals surface area contributed by atoms with Crippen molar-refractivity contribution in [3.05, 3.63) is 48.8 Å². The average molecular weight is 404 g/mol. The molecule has 1 aliphatic heterocycles. The van der Waals surface area contributed by atoms with Crippen molar-refractivity contribution in [2.24, 2.45) is 5.92 Å². The topological polar surface area (TPSA) is 88.6 Å². The van der Waals surface area contributed by atoms with Gasteiger partial charge in [-0.25, -0.2) is 12.7 Å². The van der Waals surface area contributed by atoms with Gasteiger partial charge in [-0.1, -0.05) is 6.92 Å². The lowest BCUT2D eigenvalue weighted by Crippen LogP contribution is -2.44. The summed E-state index contributed by atoms with van der Waals surface area (Å²) >= 11 is 0. The first-order valence-corrected chi connectivity index (χ1v) is 11.1. The normalized spacial score (nSPS) is 17.8. The van der Waals surface area contributed by atoms with Gasteiger partial charge < -0.3 is 10.1 Å². The summed E-state index contributed by atoms with van der Waals surface area (Å²) < 4.78 is 31.7. The molecule has 0 bridgehead atoms. The lowest BCUT2D eigenvalue weighted by atomic mass is 9.99. The van der Waals surface area contributed by atoms with Gasteiger partial charge >= 0.3 is 0 Å². The lowest BCUT2D eigenvalue weighted by molar-refractivity contribution is -0.120. The second-order valence-electron chi connectivity index (χ2n) is 6.81. The maximum atomic E-state index is 12.6. The van der Waals surface area contributed by atoms with Crippen molar-refractivity contribution in [2.45, 2.75) is 26.2 Å². The Balaban J connectivity index is 1.58. The Hall–Kier alpha value is -2.45. The maximum Gasteiger partial charge on any atom is 0.228 e. The van der Waals surface area contributed by atoms with Crippen LogP contribution in [0.25, 0.3) is 0 Å². The molecule has 2 heterocycles. The molecule has 2 aromatic rings. The monoisotopic (exact) mass is 403 g/mol. The van der Waals surface area contributed by atoms with Crippen LogP contribution < -0.4 is 10.1 Å². The van der Waals surface area contributed by atoms with Gasteiger partial charge in [0.25, 0.3) is 0 Å². The Labute approximate surface area is 165 Å². The smallest absolute Gasteiger partial charge is 0.228 e. The molecule has 1 atom stereocenters. The molecule has 0 aliphatic carbocycles. The summed E-state index contributed by atoms with van der Waals surface area (Å²) in [6.07, 6.45) is 5.26. The van der Waals surface area contributed by atoms with Crippen LogP contribution in [0.15, 0.2) is 48.8 Å². The van der Waals surface area contributed by atoms with E-state index >= 15 is 0 Å². The molecule has 1 saturated heterocycles. The zero-order valence-corrected chi connectivity index (χ0v) is 16.7. The lowest BCUT2D eigenvalue weighted by Gasteiger charge is -2.31. The number of sulfonamides is 1. The summed E-state index contributed by atoms with van der Waals surface area (Å²) in [5.74, 6) is 0.966. The number of piperidine rings is 1. The van der Waals surface area contributed by atoms with E-state index in [1.165, 1.54) is 4.31 Å². The van der Waals surface area contributed by atoms with Crippen molar-refractivity contribution < 1.29 is 17.9 Å². The van der Waals surface area contributed by atoms with Gasteiger partial charge in [0.1, 0.15) is 11.5 Å². The molecule has 3 rings (SSSR count). The molecule has 1 unspecified atom stereocenters. The van der Waals surface area contributed by atoms with E-state index < -0.39 is 10.0 Å². The van der Waals surface area contributed by atoms with Crippen LogP contribution in [0.1, 0.15) is 26.2 Å². The van der Waals surface area contributed by atoms with E-state index in [9.17, 15) is 13.2 Å². The summed E-state index contributed by atoms with van der Waals surface area (Å²) in [7, 11) is -3.28. The SMILES string of the molecule is CCCS(=O)(=O)N1CCCC(C(=O)Nc2ccc(Oc3ccncc3)cc2)C1. The number of hydrogen-bond donors (Lipinski definition) is 1. The number of rotatable bonds is 7. The van der Waals surface area contributed by atoms with Crippen LogP contribution in [-0.2, 0) is 14.8 Å². The Morgan fingerprint density at radius 3 is 2.54 bits per heavy atom. The number of nitrogens with zero attached hydrogens (tertiary/aromatic N) is 2. The molecule has 8 heteroatoms. The summed E-state index contributed by atoms with van der Waals surface area (Å²) in [6.45, 7) is 2.58. The molecule has 7 nitrogen and oxygen atoms in total. The molecule has 1 aromatic heterocycles. The Morgan fingerprint density at radius 2 is 1.86 bits per heavy atom. The van der Waals surface area contributed by atoms with Crippen LogP contribution in [0.3, 0.4) is 0 Å². The largest absolute Gasteiger partial charge is 0.457 e. The molecule has 1 aliphatic rings. The van der Waals surface area contributed by atoms with Crippen molar-refractivity contribution >= 4 is 21.6 Å². The van der Waals surface area contributed by atoms with E-state index in [1.54, 1.807) is 48.8 Å². The highest BCUT2D eigenvalue weighted by Gasteiger charge is 2.31. The highest BCUT2D eigenvalue weighted by Crippen LogP contribution is 2.24. The van der Waals surface area contributed by atoms with E-state index in [4.69, 9.17) is 4.74 Å². The summed E-state index contributed by atoms with van der Waals surface area (Å²) in [5, 5.41) is 2.88. The molecule has 1 N–H and O–H groups in total. The molecule has 1 fully saturated rings. The predicted octanol–water partition coefficient (Wildman–Crippen LogP) is 3.26. The van der Waals surface area contributed by atoms with Gasteiger partial charge in [0.2, 0.25) is 15.9 Å². The number of benzene rings is 1. The Kier molecular flexibility index (Phi) is 6.64. The minimum atomic E-state index is -3.28. The highest BCUT2D eigenvalue weighted by atomic mass is 32.2. The van der Waals surface area contributed by atoms with Gasteiger partial charge in [-0.05, 0) is 55.7 Å². The highest BCUT2D eigenvalue weighted by molar-refractivity contribution is 7.89. The summed E-state index contributed by atoms with van der Waals surface area (Å²) in [6, 6.07) is 10.6. The van der Waals surface area contributed by atoms with Gasteiger partial charge in [-0.15, -0.1) is 0 Å². The third-order valence-electron chi connectivity index (χ3n) is 4.62. The van der Waals surface area contributed by atoms with E-state index in [-0.39, 0.29) is 24.1 Å². The Morgan fingerprint density at radius 1 is 1.18 bits per heavy atom. The van der Waals surface area contributed by atoms with Crippen LogP contribution >= 0.6 is 0 Å². The number of aromatic nitrogens is 1. The average Bonchev–Trinajstić information content (AvgIpc) is 2.70. The van der Waals surface area contributed by atoms with Crippen molar-refractivity contribution in [1.82, 2.24) is 9.29 Å². The van der Waals surface area contributed by atoms with E-state index in [0.717, 1.165) is 0 Å². The molecule has 1 aromatic carbocycles. The third-order valence-corrected chi connectivity index (χ3v) is 6.66. The first kappa shape index (κ1) is 20.3. The second-order valence-corrected chi connectivity index (χ2v) is 8.90. The summed E-state index contributed by atoms with van der Waals surface area (Å²) in [5.41, 5.74) is 0.653. The number of carbonyl (C=O) groups is 1. The van der Waals surface area contributed by atoms with Crippen molar-refractivity contribution in [3.8, 4) is 11.5 Å². The molecule has 0 saturated carbocycles. The first-order chi connectivity index (χ1) is 13.5. The van der Waals surface area contributed by atoms with Crippen LogP contribution in [0.5, 0.6) is 11.5 Å². The van der Waals surface area contributed by atoms with Gasteiger partial charge in [0, 0.05) is 31.2 Å². The van der Waals surface area contributed by atoms with Gasteiger partial charge in [0.05, 0.1) is 11.7 Å². The second kappa shape index (κ2) is 9.16. The molecular weight excluding hydrogens is 378 g/mol. The predicted molar refractivity (Wildman–Crippen MR) is 108 cm³/mol. The number of carbonyl (C=O) groups excluding carboxylic acids is 1. The molecule has 0 radical (unpaired) electrons. The number of hydrogen-bond acceptors (Lipinski definition) is 5. The zero-order valence-electron chi connectivity index (χ0n) is 15.9. The third kappa shape index (κ3) is 5.30. The zero-order chi connectivity index (χ0) is 20.0. The van der Waals surface area contributed by atoms with Crippen LogP contribution in [0, 0.1) is 5.92 Å². The maximum absolute atomic E-state index is 12.6. The van der Waals surface area contributed by atoms with Crippen LogP contribution in [0.4, 0.5) is 5.69 Å². The number of ether oxygens (including phenoxy) is 1. The quantitative estimate of drug-likeness (QED) is 0.766. The molecule has 28 heavy (non-hydrogen) atoms. The van der Waals surface area contributed by atoms with Crippen molar-refractivity contribution in [2.75, 3.05) is 24.2 Å². The molecule has 150 valence electrons. The van der Waals surface area contributed by atoms with Gasteiger partial charge in [-0.2, -0.15) is 0 Å². The van der Waals surface area contributed by atoms with E-state index in [2.05, 4.69) is 10.3 Å². The van der Waals surface area contributed by atoms with E-state index in [0.29, 0.717) is 43.0 Å². The minimum Gasteiger partial charge on any atom is -0.457 e. The molecule has 1 amide bonds. The van der Waals surface area contributed by atoms with Crippen molar-refractivity contribution in [3.63, 3.8) is 0 Å². The summed E-state index contributed by atoms with van der Waals surface area (Å²) in [4.78, 5) is 16.5. The van der Waals surface area contributed by atoms with E-state index in [1.807, 2.05) is 6.92 Å². The van der Waals surface area contributed by atoms with Gasteiger partial charge in [-0.3, -0.25) is 9.78 Å². The number of anilines is 1. The minimum absolute atomic E-state index is 0.125. The fraction of sp³-hybridized carbons (Fsp3) is 0.400. The standard InChI is InChI=1S/C20H25N3O4S/c1-2-14-28(25,26)23-13-3-4-16(15-23)20(24)22-17-5-7-18(8-6-17)27-19-9-11-21-12-10-19/h5-12,16H,2-4,13-15H2,1H3,(H,22,24). The van der Waals surface area contributed by atoms with Gasteiger partial charge in [0.15, 0.2) is 0 Å². The molecular formula is C20H25N3O4S. The Bertz CT molecular complexity index is 885. The number of nitrogens with one attached hydrogen (secondary N) is 1. The number of pyridine rings is 1. The fourth-order valence-electron chi connectivity index (χ4n) is 3.19. The van der Waals surface area contributed by atoms with Crippen LogP contribution in [-0.4, -0.2) is 42.5 Å². The van der Waals surface area contributed by atoms with Crippen LogP contribution in [0.2, 0.25) is 0 Å². The fourth-order valence-corrected chi connectivity index (χ4v) is 4.78. The first-order valence-electron chi connectivity index (χ1n) is 9.44.